The topological polar surface area (TPSA) is 62.2 Å². The van der Waals surface area contributed by atoms with Gasteiger partial charge in [-0.2, -0.15) is 0 Å². The molecule has 1 unspecified atom stereocenters. The normalized spacial score (nSPS) is 19.9. The molecule has 0 bridgehead atoms. The molecule has 5 nitrogen and oxygen atoms in total. The number of methoxy groups -OCH3 is 2. The zero-order valence-corrected chi connectivity index (χ0v) is 12.1. The van der Waals surface area contributed by atoms with Crippen LogP contribution in [0.5, 0.6) is 5.75 Å². The highest BCUT2D eigenvalue weighted by Gasteiger charge is 2.21. The van der Waals surface area contributed by atoms with Crippen LogP contribution in [0, 0.1) is 0 Å². The summed E-state index contributed by atoms with van der Waals surface area (Å²) in [6, 6.07) is 5.53. The van der Waals surface area contributed by atoms with E-state index in [0.717, 1.165) is 38.0 Å². The van der Waals surface area contributed by atoms with Gasteiger partial charge in [0.25, 0.3) is 0 Å². The molecular formula is C14H22BNO4. The van der Waals surface area contributed by atoms with Crippen LogP contribution in [0.2, 0.25) is 0 Å². The van der Waals surface area contributed by atoms with E-state index in [4.69, 9.17) is 9.47 Å². The monoisotopic (exact) mass is 279 g/mol. The molecule has 1 atom stereocenters. The van der Waals surface area contributed by atoms with Crippen LogP contribution in [0.1, 0.15) is 18.4 Å². The molecule has 20 heavy (non-hydrogen) atoms. The van der Waals surface area contributed by atoms with Crippen molar-refractivity contribution in [2.75, 3.05) is 27.3 Å². The van der Waals surface area contributed by atoms with Crippen LogP contribution in [0.25, 0.3) is 0 Å². The van der Waals surface area contributed by atoms with E-state index in [2.05, 4.69) is 4.90 Å². The van der Waals surface area contributed by atoms with E-state index < -0.39 is 7.12 Å². The summed E-state index contributed by atoms with van der Waals surface area (Å²) < 4.78 is 10.5. The molecule has 1 aromatic rings. The lowest BCUT2D eigenvalue weighted by atomic mass is 9.78. The summed E-state index contributed by atoms with van der Waals surface area (Å²) in [5.74, 6) is 0.497. The molecule has 6 heteroatoms. The zero-order valence-electron chi connectivity index (χ0n) is 12.1. The summed E-state index contributed by atoms with van der Waals surface area (Å²) in [6.07, 6.45) is 2.53. The van der Waals surface area contributed by atoms with Crippen LogP contribution >= 0.6 is 0 Å². The summed E-state index contributed by atoms with van der Waals surface area (Å²) in [5.41, 5.74) is 1.45. The van der Waals surface area contributed by atoms with E-state index in [9.17, 15) is 10.0 Å². The minimum atomic E-state index is -1.52. The van der Waals surface area contributed by atoms with E-state index in [0.29, 0.717) is 17.3 Å². The van der Waals surface area contributed by atoms with Crippen molar-refractivity contribution < 1.29 is 19.5 Å². The number of piperidine rings is 1. The zero-order chi connectivity index (χ0) is 14.5. The fraction of sp³-hybridized carbons (Fsp3) is 0.571. The number of hydrogen-bond donors (Lipinski definition) is 2. The van der Waals surface area contributed by atoms with Gasteiger partial charge in [0, 0.05) is 25.7 Å². The van der Waals surface area contributed by atoms with Gasteiger partial charge < -0.3 is 19.5 Å². The third kappa shape index (κ3) is 3.73. The van der Waals surface area contributed by atoms with Crippen LogP contribution in [0.3, 0.4) is 0 Å². The third-order valence-corrected chi connectivity index (χ3v) is 3.77. The van der Waals surface area contributed by atoms with E-state index in [1.165, 1.54) is 7.11 Å². The lowest BCUT2D eigenvalue weighted by Gasteiger charge is -2.32. The van der Waals surface area contributed by atoms with E-state index >= 15 is 0 Å². The Hall–Kier alpha value is -1.08. The van der Waals surface area contributed by atoms with Crippen molar-refractivity contribution in [3.05, 3.63) is 23.8 Å². The van der Waals surface area contributed by atoms with Gasteiger partial charge in [-0.05, 0) is 31.0 Å². The molecular weight excluding hydrogens is 257 g/mol. The van der Waals surface area contributed by atoms with Crippen LogP contribution in [-0.2, 0) is 11.3 Å². The minimum absolute atomic E-state index is 0.296. The Bertz CT molecular complexity index is 441. The molecule has 0 saturated carbocycles. The molecule has 1 aliphatic heterocycles. The molecule has 0 radical (unpaired) electrons. The average Bonchev–Trinajstić information content (AvgIpc) is 2.47. The maximum atomic E-state index is 9.39. The van der Waals surface area contributed by atoms with Gasteiger partial charge in [0.1, 0.15) is 5.75 Å². The van der Waals surface area contributed by atoms with Crippen molar-refractivity contribution in [1.29, 1.82) is 0 Å². The number of ether oxygens (including phenoxy) is 2. The second-order valence-electron chi connectivity index (χ2n) is 5.19. The van der Waals surface area contributed by atoms with Crippen molar-refractivity contribution in [2.45, 2.75) is 25.5 Å². The lowest BCUT2D eigenvalue weighted by Crippen LogP contribution is -2.39. The fourth-order valence-corrected chi connectivity index (χ4v) is 2.69. The second kappa shape index (κ2) is 7.08. The number of benzene rings is 1. The predicted molar refractivity (Wildman–Crippen MR) is 78.1 cm³/mol. The Balaban J connectivity index is 2.07. The smallest absolute Gasteiger partial charge is 0.492 e. The number of likely N-dealkylation sites (tertiary alicyclic amines) is 1. The van der Waals surface area contributed by atoms with Crippen molar-refractivity contribution >= 4 is 12.6 Å². The number of hydrogen-bond acceptors (Lipinski definition) is 5. The first-order chi connectivity index (χ1) is 9.63. The SMILES string of the molecule is COc1ccc(CN2CCCC(OC)C2)cc1B(O)O. The Kier molecular flexibility index (Phi) is 5.42. The van der Waals surface area contributed by atoms with Crippen molar-refractivity contribution in [3.63, 3.8) is 0 Å². The van der Waals surface area contributed by atoms with Gasteiger partial charge in [-0.15, -0.1) is 0 Å². The van der Waals surface area contributed by atoms with Gasteiger partial charge in [0.05, 0.1) is 13.2 Å². The molecule has 110 valence electrons. The minimum Gasteiger partial charge on any atom is -0.497 e. The van der Waals surface area contributed by atoms with Crippen LogP contribution < -0.4 is 10.2 Å². The first kappa shape index (κ1) is 15.3. The molecule has 0 amide bonds. The van der Waals surface area contributed by atoms with Crippen molar-refractivity contribution in [2.24, 2.45) is 0 Å². The van der Waals surface area contributed by atoms with Gasteiger partial charge in [-0.3, -0.25) is 4.90 Å². The number of nitrogens with zero attached hydrogens (tertiary/aromatic N) is 1. The molecule has 0 aromatic heterocycles. The molecule has 2 N–H and O–H groups in total. The summed E-state index contributed by atoms with van der Waals surface area (Å²) in [7, 11) is 1.76. The molecule has 1 fully saturated rings. The van der Waals surface area contributed by atoms with Gasteiger partial charge in [0.2, 0.25) is 0 Å². The highest BCUT2D eigenvalue weighted by molar-refractivity contribution is 6.59. The van der Waals surface area contributed by atoms with Crippen LogP contribution in [0.4, 0.5) is 0 Å². The van der Waals surface area contributed by atoms with Crippen molar-refractivity contribution in [1.82, 2.24) is 4.90 Å². The van der Waals surface area contributed by atoms with Crippen molar-refractivity contribution in [3.8, 4) is 5.75 Å². The highest BCUT2D eigenvalue weighted by Crippen LogP contribution is 2.17. The Morgan fingerprint density at radius 3 is 2.80 bits per heavy atom. The lowest BCUT2D eigenvalue weighted by molar-refractivity contribution is 0.0285. The van der Waals surface area contributed by atoms with E-state index in [1.807, 2.05) is 6.07 Å². The maximum Gasteiger partial charge on any atom is 0.492 e. The van der Waals surface area contributed by atoms with Crippen LogP contribution in [0.15, 0.2) is 18.2 Å². The highest BCUT2D eigenvalue weighted by atomic mass is 16.5. The molecule has 0 spiro atoms. The van der Waals surface area contributed by atoms with Gasteiger partial charge in [-0.1, -0.05) is 12.1 Å². The van der Waals surface area contributed by atoms with Gasteiger partial charge in [0.15, 0.2) is 0 Å². The first-order valence-corrected chi connectivity index (χ1v) is 6.92. The first-order valence-electron chi connectivity index (χ1n) is 6.92. The summed E-state index contributed by atoms with van der Waals surface area (Å²) in [6.45, 7) is 2.74. The quantitative estimate of drug-likeness (QED) is 0.742. The molecule has 1 aromatic carbocycles. The van der Waals surface area contributed by atoms with E-state index in [-0.39, 0.29) is 0 Å². The largest absolute Gasteiger partial charge is 0.497 e. The molecule has 1 saturated heterocycles. The Labute approximate surface area is 120 Å². The molecule has 1 aliphatic rings. The Morgan fingerprint density at radius 1 is 1.35 bits per heavy atom. The Morgan fingerprint density at radius 2 is 2.15 bits per heavy atom. The predicted octanol–water partition coefficient (Wildman–Crippen LogP) is -0.0142. The summed E-state index contributed by atoms with van der Waals surface area (Å²) >= 11 is 0. The third-order valence-electron chi connectivity index (χ3n) is 3.77. The maximum absolute atomic E-state index is 9.39. The molecule has 2 rings (SSSR count). The summed E-state index contributed by atoms with van der Waals surface area (Å²) in [5, 5.41) is 18.8. The molecule has 1 heterocycles. The molecule has 0 aliphatic carbocycles. The van der Waals surface area contributed by atoms with Gasteiger partial charge >= 0.3 is 7.12 Å². The summed E-state index contributed by atoms with van der Waals surface area (Å²) in [4.78, 5) is 2.33. The number of rotatable bonds is 5. The second-order valence-corrected chi connectivity index (χ2v) is 5.19. The fourth-order valence-electron chi connectivity index (χ4n) is 2.69. The van der Waals surface area contributed by atoms with E-state index in [1.54, 1.807) is 19.2 Å². The van der Waals surface area contributed by atoms with Gasteiger partial charge in [-0.25, -0.2) is 0 Å². The average molecular weight is 279 g/mol. The standard InChI is InChI=1S/C14H22BNO4/c1-19-12-4-3-7-16(10-12)9-11-5-6-14(20-2)13(8-11)15(17)18/h5-6,8,12,17-18H,3-4,7,9-10H2,1-2H3. The van der Waals surface area contributed by atoms with Crippen LogP contribution in [-0.4, -0.2) is 55.5 Å².